The molecule has 90 valence electrons. The van der Waals surface area contributed by atoms with Crippen LogP contribution < -0.4 is 5.32 Å². The van der Waals surface area contributed by atoms with Crippen LogP contribution in [0, 0.1) is 12.8 Å². The topological polar surface area (TPSA) is 58.0 Å². The van der Waals surface area contributed by atoms with Crippen LogP contribution in [-0.2, 0) is 0 Å². The van der Waals surface area contributed by atoms with E-state index in [4.69, 9.17) is 0 Å². The minimum Gasteiger partial charge on any atom is -0.388 e. The van der Waals surface area contributed by atoms with Crippen LogP contribution in [-0.4, -0.2) is 27.4 Å². The lowest BCUT2D eigenvalue weighted by Gasteiger charge is -2.35. The maximum absolute atomic E-state index is 10.4. The van der Waals surface area contributed by atoms with Crippen LogP contribution in [0.25, 0.3) is 0 Å². The first-order valence-electron chi connectivity index (χ1n) is 5.84. The maximum atomic E-state index is 10.4. The summed E-state index contributed by atoms with van der Waals surface area (Å²) in [5.74, 6) is 0.622. The van der Waals surface area contributed by atoms with Crippen LogP contribution in [0.1, 0.15) is 37.6 Å². The van der Waals surface area contributed by atoms with Gasteiger partial charge in [-0.15, -0.1) is 10.2 Å². The SMILES string of the molecule is Cc1nnc(NCC2(O)CCCC(C)C2)s1. The van der Waals surface area contributed by atoms with Crippen molar-refractivity contribution < 1.29 is 5.11 Å². The van der Waals surface area contributed by atoms with E-state index >= 15 is 0 Å². The van der Waals surface area contributed by atoms with E-state index in [9.17, 15) is 5.11 Å². The standard InChI is InChI=1S/C11H19N3OS/c1-8-4-3-5-11(15,6-8)7-12-10-14-13-9(2)16-10/h8,15H,3-7H2,1-2H3,(H,12,14). The highest BCUT2D eigenvalue weighted by molar-refractivity contribution is 7.15. The Kier molecular flexibility index (Phi) is 3.44. The first kappa shape index (κ1) is 11.8. The number of aromatic nitrogens is 2. The van der Waals surface area contributed by atoms with Gasteiger partial charge in [0.2, 0.25) is 5.13 Å². The van der Waals surface area contributed by atoms with Crippen molar-refractivity contribution in [1.82, 2.24) is 10.2 Å². The van der Waals surface area contributed by atoms with Crippen molar-refractivity contribution in [3.8, 4) is 0 Å². The Balaban J connectivity index is 1.88. The number of aliphatic hydroxyl groups is 1. The van der Waals surface area contributed by atoms with Crippen molar-refractivity contribution in [2.45, 2.75) is 45.1 Å². The summed E-state index contributed by atoms with van der Waals surface area (Å²) < 4.78 is 0. The molecule has 1 heterocycles. The summed E-state index contributed by atoms with van der Waals surface area (Å²) in [5, 5.41) is 23.3. The largest absolute Gasteiger partial charge is 0.388 e. The number of hydrogen-bond donors (Lipinski definition) is 2. The molecule has 0 amide bonds. The number of aryl methyl sites for hydroxylation is 1. The van der Waals surface area contributed by atoms with Crippen LogP contribution in [0.3, 0.4) is 0 Å². The molecule has 1 aliphatic rings. The fourth-order valence-electron chi connectivity index (χ4n) is 2.40. The third-order valence-corrected chi connectivity index (χ3v) is 3.96. The number of hydrogen-bond acceptors (Lipinski definition) is 5. The summed E-state index contributed by atoms with van der Waals surface area (Å²) >= 11 is 1.53. The van der Waals surface area contributed by atoms with Gasteiger partial charge in [-0.3, -0.25) is 0 Å². The lowest BCUT2D eigenvalue weighted by Crippen LogP contribution is -2.41. The summed E-state index contributed by atoms with van der Waals surface area (Å²) in [5.41, 5.74) is -0.558. The van der Waals surface area contributed by atoms with E-state index in [-0.39, 0.29) is 0 Å². The molecule has 2 atom stereocenters. The first-order valence-corrected chi connectivity index (χ1v) is 6.65. The van der Waals surface area contributed by atoms with Gasteiger partial charge in [0, 0.05) is 6.54 Å². The zero-order valence-electron chi connectivity index (χ0n) is 9.86. The molecule has 0 saturated heterocycles. The normalized spacial score (nSPS) is 30.3. The fraction of sp³-hybridized carbons (Fsp3) is 0.818. The molecular formula is C11H19N3OS. The lowest BCUT2D eigenvalue weighted by molar-refractivity contribution is -0.000771. The Morgan fingerprint density at radius 2 is 2.38 bits per heavy atom. The van der Waals surface area contributed by atoms with Crippen LogP contribution in [0.15, 0.2) is 0 Å². The second-order valence-electron chi connectivity index (χ2n) is 4.91. The molecule has 5 heteroatoms. The molecule has 1 aromatic rings. The Labute approximate surface area is 100 Å². The molecule has 0 spiro atoms. The second kappa shape index (κ2) is 4.67. The van der Waals surface area contributed by atoms with Crippen molar-refractivity contribution in [2.75, 3.05) is 11.9 Å². The average molecular weight is 241 g/mol. The van der Waals surface area contributed by atoms with Gasteiger partial charge >= 0.3 is 0 Å². The zero-order valence-corrected chi connectivity index (χ0v) is 10.7. The van der Waals surface area contributed by atoms with E-state index in [0.29, 0.717) is 12.5 Å². The Bertz CT molecular complexity index is 355. The van der Waals surface area contributed by atoms with Crippen LogP contribution in [0.5, 0.6) is 0 Å². The number of nitrogens with zero attached hydrogens (tertiary/aromatic N) is 2. The minimum absolute atomic E-state index is 0.558. The maximum Gasteiger partial charge on any atom is 0.205 e. The number of rotatable bonds is 3. The van der Waals surface area contributed by atoms with Gasteiger partial charge in [-0.2, -0.15) is 0 Å². The quantitative estimate of drug-likeness (QED) is 0.851. The first-order chi connectivity index (χ1) is 7.57. The molecule has 1 saturated carbocycles. The van der Waals surface area contributed by atoms with Crippen molar-refractivity contribution >= 4 is 16.5 Å². The number of anilines is 1. The van der Waals surface area contributed by atoms with Crippen molar-refractivity contribution in [1.29, 1.82) is 0 Å². The predicted molar refractivity (Wildman–Crippen MR) is 65.7 cm³/mol. The van der Waals surface area contributed by atoms with Gasteiger partial charge in [0.1, 0.15) is 5.01 Å². The van der Waals surface area contributed by atoms with Gasteiger partial charge in [0.15, 0.2) is 0 Å². The fourth-order valence-corrected chi connectivity index (χ4v) is 2.99. The molecule has 0 aromatic carbocycles. The van der Waals surface area contributed by atoms with E-state index in [2.05, 4.69) is 22.4 Å². The Hall–Kier alpha value is -0.680. The van der Waals surface area contributed by atoms with Crippen LogP contribution >= 0.6 is 11.3 Å². The van der Waals surface area contributed by atoms with E-state index in [1.165, 1.54) is 17.8 Å². The highest BCUT2D eigenvalue weighted by Gasteiger charge is 2.32. The van der Waals surface area contributed by atoms with Gasteiger partial charge in [-0.25, -0.2) is 0 Å². The van der Waals surface area contributed by atoms with Crippen molar-refractivity contribution in [2.24, 2.45) is 5.92 Å². The highest BCUT2D eigenvalue weighted by Crippen LogP contribution is 2.32. The summed E-state index contributed by atoms with van der Waals surface area (Å²) in [6.45, 7) is 4.73. The molecule has 1 aromatic heterocycles. The summed E-state index contributed by atoms with van der Waals surface area (Å²) in [4.78, 5) is 0. The van der Waals surface area contributed by atoms with Crippen LogP contribution in [0.4, 0.5) is 5.13 Å². The minimum atomic E-state index is -0.558. The van der Waals surface area contributed by atoms with Crippen molar-refractivity contribution in [3.05, 3.63) is 5.01 Å². The Morgan fingerprint density at radius 1 is 1.56 bits per heavy atom. The number of nitrogens with one attached hydrogen (secondary N) is 1. The molecule has 2 unspecified atom stereocenters. The molecule has 1 fully saturated rings. The van der Waals surface area contributed by atoms with Gasteiger partial charge < -0.3 is 10.4 Å². The molecular weight excluding hydrogens is 222 g/mol. The molecule has 0 radical (unpaired) electrons. The molecule has 1 aliphatic carbocycles. The van der Waals surface area contributed by atoms with Gasteiger partial charge in [-0.05, 0) is 25.7 Å². The van der Waals surface area contributed by atoms with E-state index in [1.54, 1.807) is 0 Å². The van der Waals surface area contributed by atoms with Gasteiger partial charge in [0.05, 0.1) is 5.60 Å². The van der Waals surface area contributed by atoms with Crippen molar-refractivity contribution in [3.63, 3.8) is 0 Å². The second-order valence-corrected chi connectivity index (χ2v) is 6.09. The van der Waals surface area contributed by atoms with Crippen LogP contribution in [0.2, 0.25) is 0 Å². The lowest BCUT2D eigenvalue weighted by atomic mass is 9.79. The smallest absolute Gasteiger partial charge is 0.205 e. The summed E-state index contributed by atoms with van der Waals surface area (Å²) in [6, 6.07) is 0. The summed E-state index contributed by atoms with van der Waals surface area (Å²) in [7, 11) is 0. The molecule has 4 nitrogen and oxygen atoms in total. The monoisotopic (exact) mass is 241 g/mol. The van der Waals surface area contributed by atoms with Gasteiger partial charge in [0.25, 0.3) is 0 Å². The zero-order chi connectivity index (χ0) is 11.6. The molecule has 0 bridgehead atoms. The average Bonchev–Trinajstić information content (AvgIpc) is 2.61. The molecule has 16 heavy (non-hydrogen) atoms. The third kappa shape index (κ3) is 2.92. The molecule has 2 rings (SSSR count). The predicted octanol–water partition coefficient (Wildman–Crippen LogP) is 2.20. The molecule has 0 aliphatic heterocycles. The summed E-state index contributed by atoms with van der Waals surface area (Å²) in [6.07, 6.45) is 4.13. The van der Waals surface area contributed by atoms with E-state index in [1.807, 2.05) is 6.92 Å². The highest BCUT2D eigenvalue weighted by atomic mass is 32.1. The van der Waals surface area contributed by atoms with E-state index in [0.717, 1.165) is 29.4 Å². The van der Waals surface area contributed by atoms with E-state index < -0.39 is 5.60 Å². The third-order valence-electron chi connectivity index (χ3n) is 3.16. The molecule has 2 N–H and O–H groups in total. The Morgan fingerprint density at radius 3 is 3.00 bits per heavy atom. The van der Waals surface area contributed by atoms with Gasteiger partial charge in [-0.1, -0.05) is 31.1 Å².